The van der Waals surface area contributed by atoms with Gasteiger partial charge in [0, 0.05) is 37.3 Å². The predicted octanol–water partition coefficient (Wildman–Crippen LogP) is 1.06. The molecule has 0 unspecified atom stereocenters. The zero-order valence-corrected chi connectivity index (χ0v) is 13.1. The van der Waals surface area contributed by atoms with Gasteiger partial charge in [-0.25, -0.2) is 0 Å². The molecule has 1 N–H and O–H groups in total. The fourth-order valence-electron chi connectivity index (χ4n) is 4.86. The quantitative estimate of drug-likeness (QED) is 0.778. The summed E-state index contributed by atoms with van der Waals surface area (Å²) in [5, 5.41) is 3.02. The second-order valence-corrected chi connectivity index (χ2v) is 6.87. The van der Waals surface area contributed by atoms with E-state index in [0.29, 0.717) is 13.0 Å². The van der Waals surface area contributed by atoms with Crippen molar-refractivity contribution in [3.05, 3.63) is 29.8 Å². The molecule has 0 bridgehead atoms. The summed E-state index contributed by atoms with van der Waals surface area (Å²) in [7, 11) is 4.01. The summed E-state index contributed by atoms with van der Waals surface area (Å²) in [6, 6.07) is 7.81. The molecular formula is C17H21N3O2. The summed E-state index contributed by atoms with van der Waals surface area (Å²) in [5.74, 6) is 0.194. The van der Waals surface area contributed by atoms with E-state index in [9.17, 15) is 9.59 Å². The number of benzene rings is 1. The maximum absolute atomic E-state index is 13.1. The first-order valence-corrected chi connectivity index (χ1v) is 7.86. The van der Waals surface area contributed by atoms with Gasteiger partial charge in [-0.2, -0.15) is 0 Å². The Morgan fingerprint density at radius 1 is 1.14 bits per heavy atom. The van der Waals surface area contributed by atoms with Gasteiger partial charge in [0.05, 0.1) is 5.41 Å². The fourth-order valence-corrected chi connectivity index (χ4v) is 4.86. The van der Waals surface area contributed by atoms with Gasteiger partial charge in [-0.1, -0.05) is 18.2 Å². The average Bonchev–Trinajstić information content (AvgIpc) is 2.96. The number of Topliss-reactive ketones (excluding diaryl/α,β-unsaturated/α-hetero) is 1. The highest BCUT2D eigenvalue weighted by Crippen LogP contribution is 2.58. The molecule has 3 heterocycles. The molecule has 116 valence electrons. The van der Waals surface area contributed by atoms with Crippen molar-refractivity contribution in [1.82, 2.24) is 9.80 Å². The highest BCUT2D eigenvalue weighted by atomic mass is 16.2. The second kappa shape index (κ2) is 4.40. The van der Waals surface area contributed by atoms with E-state index < -0.39 is 11.0 Å². The molecule has 5 nitrogen and oxygen atoms in total. The number of rotatable bonds is 0. The maximum atomic E-state index is 13.1. The lowest BCUT2D eigenvalue weighted by Crippen LogP contribution is -2.63. The van der Waals surface area contributed by atoms with Crippen molar-refractivity contribution >= 4 is 17.4 Å². The summed E-state index contributed by atoms with van der Waals surface area (Å²) in [4.78, 5) is 30.3. The number of likely N-dealkylation sites (tertiary alicyclic amines) is 2. The Kier molecular flexibility index (Phi) is 2.78. The van der Waals surface area contributed by atoms with Crippen molar-refractivity contribution in [3.63, 3.8) is 0 Å². The lowest BCUT2D eigenvalue weighted by Gasteiger charge is -2.48. The molecule has 3 aliphatic rings. The van der Waals surface area contributed by atoms with E-state index in [4.69, 9.17) is 0 Å². The molecule has 4 rings (SSSR count). The molecule has 3 aliphatic heterocycles. The normalized spacial score (nSPS) is 35.4. The molecule has 1 amide bonds. The summed E-state index contributed by atoms with van der Waals surface area (Å²) >= 11 is 0. The Morgan fingerprint density at radius 3 is 2.73 bits per heavy atom. The monoisotopic (exact) mass is 299 g/mol. The smallest absolute Gasteiger partial charge is 0.250 e. The Morgan fingerprint density at radius 2 is 1.91 bits per heavy atom. The first-order chi connectivity index (χ1) is 10.5. The topological polar surface area (TPSA) is 52.7 Å². The summed E-state index contributed by atoms with van der Waals surface area (Å²) in [6.07, 6.45) is 1.27. The number of para-hydroxylation sites is 1. The van der Waals surface area contributed by atoms with Crippen molar-refractivity contribution in [3.8, 4) is 0 Å². The number of anilines is 1. The van der Waals surface area contributed by atoms with E-state index in [0.717, 1.165) is 30.8 Å². The third-order valence-electron chi connectivity index (χ3n) is 5.83. The highest BCUT2D eigenvalue weighted by Gasteiger charge is 2.69. The number of amides is 1. The molecular weight excluding hydrogens is 278 g/mol. The first kappa shape index (κ1) is 13.9. The van der Waals surface area contributed by atoms with Crippen LogP contribution in [-0.4, -0.2) is 55.2 Å². The van der Waals surface area contributed by atoms with Crippen LogP contribution in [0.15, 0.2) is 24.3 Å². The van der Waals surface area contributed by atoms with E-state index in [1.807, 2.05) is 38.4 Å². The van der Waals surface area contributed by atoms with Gasteiger partial charge in [-0.15, -0.1) is 0 Å². The van der Waals surface area contributed by atoms with Crippen LogP contribution in [-0.2, 0) is 15.1 Å². The van der Waals surface area contributed by atoms with Crippen molar-refractivity contribution in [1.29, 1.82) is 0 Å². The predicted molar refractivity (Wildman–Crippen MR) is 83.6 cm³/mol. The molecule has 0 aromatic heterocycles. The molecule has 2 spiro atoms. The van der Waals surface area contributed by atoms with Crippen LogP contribution in [0.5, 0.6) is 0 Å². The number of ketones is 1. The van der Waals surface area contributed by atoms with Gasteiger partial charge in [0.2, 0.25) is 0 Å². The first-order valence-electron chi connectivity index (χ1n) is 7.86. The molecule has 0 radical (unpaired) electrons. The molecule has 0 saturated carbocycles. The zero-order valence-electron chi connectivity index (χ0n) is 13.1. The number of carbonyl (C=O) groups is 2. The minimum Gasteiger partial charge on any atom is -0.324 e. The number of piperidine rings is 1. The number of fused-ring (bicyclic) bond motifs is 3. The molecule has 2 saturated heterocycles. The Labute approximate surface area is 130 Å². The number of nitrogens with zero attached hydrogens (tertiary/aromatic N) is 2. The lowest BCUT2D eigenvalue weighted by atomic mass is 9.62. The molecule has 2 atom stereocenters. The third-order valence-corrected chi connectivity index (χ3v) is 5.83. The molecule has 1 aromatic rings. The van der Waals surface area contributed by atoms with Crippen molar-refractivity contribution in [2.24, 2.45) is 5.41 Å². The highest BCUT2D eigenvalue weighted by molar-refractivity contribution is 6.10. The molecule has 0 aliphatic carbocycles. The van der Waals surface area contributed by atoms with Crippen LogP contribution in [0, 0.1) is 5.41 Å². The Balaban J connectivity index is 1.98. The molecule has 5 heteroatoms. The number of nitrogens with one attached hydrogen (secondary N) is 1. The van der Waals surface area contributed by atoms with Gasteiger partial charge in [-0.05, 0) is 26.6 Å². The SMILES string of the molecule is CN1CCC(=O)[C@@]2(CCN(C)[C@@]23C(=O)Nc2ccccc23)C1. The zero-order chi connectivity index (χ0) is 15.5. The number of hydrogen-bond donors (Lipinski definition) is 1. The van der Waals surface area contributed by atoms with Crippen LogP contribution in [0.25, 0.3) is 0 Å². The second-order valence-electron chi connectivity index (χ2n) is 6.87. The van der Waals surface area contributed by atoms with Crippen molar-refractivity contribution in [2.45, 2.75) is 18.4 Å². The van der Waals surface area contributed by atoms with Crippen LogP contribution >= 0.6 is 0 Å². The van der Waals surface area contributed by atoms with Gasteiger partial charge >= 0.3 is 0 Å². The van der Waals surface area contributed by atoms with Gasteiger partial charge in [0.1, 0.15) is 11.3 Å². The van der Waals surface area contributed by atoms with Gasteiger partial charge in [0.15, 0.2) is 0 Å². The average molecular weight is 299 g/mol. The minimum atomic E-state index is -0.852. The van der Waals surface area contributed by atoms with Gasteiger partial charge in [0.25, 0.3) is 5.91 Å². The van der Waals surface area contributed by atoms with Crippen LogP contribution in [0.2, 0.25) is 0 Å². The van der Waals surface area contributed by atoms with E-state index in [-0.39, 0.29) is 11.7 Å². The summed E-state index contributed by atoms with van der Waals surface area (Å²) in [5.41, 5.74) is 0.325. The van der Waals surface area contributed by atoms with Gasteiger partial charge < -0.3 is 10.2 Å². The van der Waals surface area contributed by atoms with E-state index >= 15 is 0 Å². The minimum absolute atomic E-state index is 0.0441. The third kappa shape index (κ3) is 1.41. The number of likely N-dealkylation sites (N-methyl/N-ethyl adjacent to an activating group) is 1. The van der Waals surface area contributed by atoms with E-state index in [1.165, 1.54) is 0 Å². The number of carbonyl (C=O) groups excluding carboxylic acids is 2. The summed E-state index contributed by atoms with van der Waals surface area (Å²) in [6.45, 7) is 2.20. The molecule has 2 fully saturated rings. The van der Waals surface area contributed by atoms with E-state index in [2.05, 4.69) is 15.1 Å². The van der Waals surface area contributed by atoms with Crippen LogP contribution in [0.1, 0.15) is 18.4 Å². The van der Waals surface area contributed by atoms with Crippen LogP contribution in [0.3, 0.4) is 0 Å². The Bertz CT molecular complexity index is 674. The Hall–Kier alpha value is -1.72. The number of hydrogen-bond acceptors (Lipinski definition) is 4. The largest absolute Gasteiger partial charge is 0.324 e. The standard InChI is InChI=1S/C17H21N3O2/c1-19-9-7-14(21)16(11-19)8-10-20(2)17(16)12-5-3-4-6-13(12)18-15(17)22/h3-6H,7-11H2,1-2H3,(H,18,22)/t16-,17+/m1/s1. The van der Waals surface area contributed by atoms with Gasteiger partial charge in [-0.3, -0.25) is 14.5 Å². The van der Waals surface area contributed by atoms with Crippen molar-refractivity contribution in [2.75, 3.05) is 39.0 Å². The molecule has 22 heavy (non-hydrogen) atoms. The molecule has 1 aromatic carbocycles. The van der Waals surface area contributed by atoms with Crippen molar-refractivity contribution < 1.29 is 9.59 Å². The van der Waals surface area contributed by atoms with Crippen LogP contribution < -0.4 is 5.32 Å². The lowest BCUT2D eigenvalue weighted by molar-refractivity contribution is -0.149. The summed E-state index contributed by atoms with van der Waals surface area (Å²) < 4.78 is 0. The fraction of sp³-hybridized carbons (Fsp3) is 0.529. The maximum Gasteiger partial charge on any atom is 0.250 e. The van der Waals surface area contributed by atoms with Crippen LogP contribution in [0.4, 0.5) is 5.69 Å². The van der Waals surface area contributed by atoms with E-state index in [1.54, 1.807) is 0 Å².